The number of aromatic nitrogens is 1. The number of carbonyl (C=O) groups is 1. The van der Waals surface area contributed by atoms with E-state index in [1.54, 1.807) is 6.07 Å². The molecular weight excluding hydrogens is 721 g/mol. The molecule has 2 aromatic heterocycles. The van der Waals surface area contributed by atoms with E-state index in [1.165, 1.54) is 23.9 Å². The van der Waals surface area contributed by atoms with Crippen molar-refractivity contribution in [3.8, 4) is 17.4 Å². The van der Waals surface area contributed by atoms with E-state index in [4.69, 9.17) is 16.0 Å². The number of ketones is 1. The molecule has 0 spiro atoms. The molecule has 0 radical (unpaired) electrons. The second kappa shape index (κ2) is 15.1. The molecule has 2 heterocycles. The van der Waals surface area contributed by atoms with Gasteiger partial charge in [0.2, 0.25) is 5.78 Å². The Labute approximate surface area is 317 Å². The van der Waals surface area contributed by atoms with Crippen LogP contribution in [0.4, 0.5) is 13.2 Å². The van der Waals surface area contributed by atoms with Crippen LogP contribution in [0.15, 0.2) is 75.7 Å². The van der Waals surface area contributed by atoms with E-state index in [1.807, 2.05) is 32.0 Å². The fourth-order valence-corrected chi connectivity index (χ4v) is 9.65. The summed E-state index contributed by atoms with van der Waals surface area (Å²) < 4.78 is 46.6. The number of hydrogen-bond acceptors (Lipinski definition) is 7. The Morgan fingerprint density at radius 2 is 1.87 bits per heavy atom. The molecule has 3 aliphatic carbocycles. The van der Waals surface area contributed by atoms with Gasteiger partial charge in [-0.1, -0.05) is 42.3 Å². The summed E-state index contributed by atoms with van der Waals surface area (Å²) in [6, 6.07) is 15.6. The summed E-state index contributed by atoms with van der Waals surface area (Å²) in [6.45, 7) is 7.89. The van der Waals surface area contributed by atoms with E-state index >= 15 is 0 Å². The number of fused-ring (bicyclic) bond motifs is 8. The largest absolute Gasteiger partial charge is 0.453 e. The van der Waals surface area contributed by atoms with Crippen molar-refractivity contribution in [3.63, 3.8) is 0 Å². The highest BCUT2D eigenvalue weighted by Crippen LogP contribution is 2.60. The maximum atomic E-state index is 14.5. The van der Waals surface area contributed by atoms with Gasteiger partial charge in [-0.25, -0.2) is 4.98 Å². The normalized spacial score (nSPS) is 23.6. The summed E-state index contributed by atoms with van der Waals surface area (Å²) in [5, 5.41) is 34.2. The number of nitrogens with zero attached hydrogens (tertiary/aromatic N) is 2. The van der Waals surface area contributed by atoms with Gasteiger partial charge in [0.15, 0.2) is 5.76 Å². The highest BCUT2D eigenvalue weighted by molar-refractivity contribution is 7.99. The van der Waals surface area contributed by atoms with Crippen LogP contribution in [0.3, 0.4) is 0 Å². The fraction of sp³-hybridized carbons (Fsp3) is 0.405. The molecule has 7 rings (SSSR count). The zero-order valence-corrected chi connectivity index (χ0v) is 31.7. The molecule has 1 saturated carbocycles. The number of alkyl halides is 3. The Morgan fingerprint density at radius 3 is 2.60 bits per heavy atom. The summed E-state index contributed by atoms with van der Waals surface area (Å²) in [5.41, 5.74) is 2.31. The minimum atomic E-state index is -4.60. The van der Waals surface area contributed by atoms with Crippen molar-refractivity contribution in [3.05, 3.63) is 116 Å². The van der Waals surface area contributed by atoms with Crippen molar-refractivity contribution >= 4 is 29.1 Å². The Morgan fingerprint density at radius 1 is 1.09 bits per heavy atom. The van der Waals surface area contributed by atoms with Crippen LogP contribution in [0.1, 0.15) is 108 Å². The first-order chi connectivity index (χ1) is 25.0. The molecule has 4 unspecified atom stereocenters. The fourth-order valence-electron chi connectivity index (χ4n) is 8.03. The van der Waals surface area contributed by atoms with Crippen LogP contribution >= 0.6 is 23.4 Å². The number of furan rings is 1. The number of halogens is 4. The summed E-state index contributed by atoms with van der Waals surface area (Å²) in [6.07, 6.45) is 0.808. The number of allylic oxidation sites excluding steroid dienone is 2. The van der Waals surface area contributed by atoms with Crippen LogP contribution < -0.4 is 0 Å². The lowest BCUT2D eigenvalue weighted by Crippen LogP contribution is -2.46. The Hall–Kier alpha value is -3.88. The predicted octanol–water partition coefficient (Wildman–Crippen LogP) is 10.6. The zero-order chi connectivity index (χ0) is 38.3. The van der Waals surface area contributed by atoms with Gasteiger partial charge in [0.1, 0.15) is 16.9 Å². The van der Waals surface area contributed by atoms with Crippen LogP contribution in [-0.2, 0) is 12.6 Å². The van der Waals surface area contributed by atoms with Gasteiger partial charge >= 0.3 is 6.18 Å². The van der Waals surface area contributed by atoms with Gasteiger partial charge in [-0.2, -0.15) is 18.4 Å². The first kappa shape index (κ1) is 38.8. The summed E-state index contributed by atoms with van der Waals surface area (Å²) in [4.78, 5) is 19.1. The lowest BCUT2D eigenvalue weighted by molar-refractivity contribution is -0.137. The highest BCUT2D eigenvalue weighted by atomic mass is 35.5. The molecule has 1 fully saturated rings. The number of thioether (sulfide) groups is 1. The monoisotopic (exact) mass is 762 g/mol. The van der Waals surface area contributed by atoms with E-state index in [2.05, 4.69) is 31.0 Å². The number of carbonyl (C=O) groups excluding carboxylic acids is 1. The predicted molar refractivity (Wildman–Crippen MR) is 200 cm³/mol. The van der Waals surface area contributed by atoms with Gasteiger partial charge in [-0.05, 0) is 131 Å². The smallest absolute Gasteiger partial charge is 0.416 e. The molecule has 4 aromatic rings. The molecule has 3 aliphatic rings. The van der Waals surface area contributed by atoms with Crippen LogP contribution in [0, 0.1) is 30.6 Å². The molecule has 2 bridgehead atoms. The maximum absolute atomic E-state index is 14.5. The highest BCUT2D eigenvalue weighted by Gasteiger charge is 2.57. The molecule has 0 amide bonds. The van der Waals surface area contributed by atoms with Gasteiger partial charge in [-0.15, -0.1) is 11.8 Å². The van der Waals surface area contributed by atoms with Gasteiger partial charge < -0.3 is 14.6 Å². The number of aliphatic hydroxyl groups excluding tert-OH is 1. The SMILES string of the molecule is CC1=CCCC2(C)C(CCC2(O)CSc2nc(C)cc(C)c2C#N)c2ccc(cc2C(=O)c2ccc(-c3cc(C(F)(F)F)ccc3Cl)o2)CC(O)CC1. The van der Waals surface area contributed by atoms with E-state index in [9.17, 15) is 33.4 Å². The molecular formula is C42H42ClF3N2O4S. The number of pyridine rings is 1. The summed E-state index contributed by atoms with van der Waals surface area (Å²) in [5.74, 6) is -0.477. The molecule has 4 atom stereocenters. The second-order valence-electron chi connectivity index (χ2n) is 14.8. The molecule has 2 N–H and O–H groups in total. The first-order valence-corrected chi connectivity index (χ1v) is 19.1. The standard InChI is InChI=1S/C42H42ClF3N2O4S/c1-24-6-5-16-40(4)34(15-17-41(40,51)23-53-39-33(22-47)25(2)18-26(3)48-39)30-11-8-27(19-29(49)10-7-24)20-31(30)38(50)37-14-13-36(52-37)32-21-28(42(44,45)46)9-12-35(32)43/h6,8-9,11-14,18,20-21,29,34,49,51H,5,7,10,15-17,19,23H2,1-4H3. The van der Waals surface area contributed by atoms with Crippen molar-refractivity contribution in [2.45, 2.75) is 101 Å². The molecule has 0 aliphatic heterocycles. The third-order valence-corrected chi connectivity index (χ3v) is 12.7. The Kier molecular flexibility index (Phi) is 11.1. The van der Waals surface area contributed by atoms with Crippen molar-refractivity contribution in [2.24, 2.45) is 5.41 Å². The van der Waals surface area contributed by atoms with E-state index in [-0.39, 0.29) is 28.0 Å². The number of aryl methyl sites for hydroxylation is 2. The van der Waals surface area contributed by atoms with Crippen molar-refractivity contribution in [1.82, 2.24) is 4.98 Å². The van der Waals surface area contributed by atoms with Gasteiger partial charge in [0.05, 0.1) is 27.9 Å². The van der Waals surface area contributed by atoms with Gasteiger partial charge in [0.25, 0.3) is 0 Å². The van der Waals surface area contributed by atoms with Crippen LogP contribution in [0.2, 0.25) is 5.02 Å². The van der Waals surface area contributed by atoms with Crippen LogP contribution in [0.25, 0.3) is 11.3 Å². The summed E-state index contributed by atoms with van der Waals surface area (Å²) >= 11 is 7.68. The zero-order valence-electron chi connectivity index (χ0n) is 30.1. The Balaban J connectivity index is 1.42. The lowest BCUT2D eigenvalue weighted by Gasteiger charge is -2.44. The van der Waals surface area contributed by atoms with Crippen molar-refractivity contribution in [2.75, 3.05) is 5.75 Å². The van der Waals surface area contributed by atoms with Gasteiger partial charge in [0, 0.05) is 28.0 Å². The minimum Gasteiger partial charge on any atom is -0.453 e. The van der Waals surface area contributed by atoms with Crippen LogP contribution in [-0.4, -0.2) is 38.4 Å². The topological polar surface area (TPSA) is 107 Å². The van der Waals surface area contributed by atoms with Crippen molar-refractivity contribution in [1.29, 1.82) is 5.26 Å². The number of benzene rings is 2. The first-order valence-electron chi connectivity index (χ1n) is 17.7. The third kappa shape index (κ3) is 7.86. The van der Waals surface area contributed by atoms with Crippen LogP contribution in [0.5, 0.6) is 0 Å². The maximum Gasteiger partial charge on any atom is 0.416 e. The lowest BCUT2D eigenvalue weighted by atomic mass is 9.65. The average Bonchev–Trinajstić information content (AvgIpc) is 3.68. The number of rotatable bonds is 6. The molecule has 278 valence electrons. The van der Waals surface area contributed by atoms with Crippen molar-refractivity contribution < 1.29 is 32.6 Å². The molecule has 11 heteroatoms. The number of aliphatic hydroxyl groups is 2. The molecule has 2 aromatic carbocycles. The minimum absolute atomic E-state index is 0.0132. The summed E-state index contributed by atoms with van der Waals surface area (Å²) in [7, 11) is 0. The second-order valence-corrected chi connectivity index (χ2v) is 16.2. The molecule has 53 heavy (non-hydrogen) atoms. The third-order valence-electron chi connectivity index (χ3n) is 11.2. The van der Waals surface area contributed by atoms with E-state index in [0.29, 0.717) is 66.9 Å². The number of hydrogen-bond donors (Lipinski definition) is 2. The van der Waals surface area contributed by atoms with E-state index in [0.717, 1.165) is 46.2 Å². The van der Waals surface area contributed by atoms with Gasteiger partial charge in [-0.3, -0.25) is 4.79 Å². The molecule has 0 saturated heterocycles. The number of nitriles is 1. The van der Waals surface area contributed by atoms with E-state index < -0.39 is 34.6 Å². The average molecular weight is 763 g/mol. The molecule has 6 nitrogen and oxygen atoms in total. The quantitative estimate of drug-likeness (QED) is 0.114. The Bertz CT molecular complexity index is 2120.